The molecule has 0 aliphatic carbocycles. The highest BCUT2D eigenvalue weighted by Crippen LogP contribution is 2.66. The van der Waals surface area contributed by atoms with Crippen molar-refractivity contribution in [2.24, 2.45) is 11.7 Å². The summed E-state index contributed by atoms with van der Waals surface area (Å²) in [5, 5.41) is 10.6. The second-order valence-corrected chi connectivity index (χ2v) is 10.9. The molecule has 0 spiro atoms. The molecule has 0 aromatic carbocycles. The molecule has 0 radical (unpaired) electrons. The fourth-order valence-electron chi connectivity index (χ4n) is 2.83. The van der Waals surface area contributed by atoms with E-state index in [4.69, 9.17) is 20.3 Å². The lowest BCUT2D eigenvalue weighted by atomic mass is 9.91. The SMILES string of the molecule is C[C@H]1[C@H](n2ccc(=O)[nH]c2=O)O[C@](CN)(COP(=O)(O)OP(=O)(O)OP(=O)(O)O)[C@H]1O. The van der Waals surface area contributed by atoms with Crippen molar-refractivity contribution < 1.29 is 56.3 Å². The molecule has 1 aliphatic rings. The van der Waals surface area contributed by atoms with E-state index < -0.39 is 71.7 Å². The average Bonchev–Trinajstić information content (AvgIpc) is 2.82. The number of ether oxygens (including phenoxy) is 1. The highest BCUT2D eigenvalue weighted by Gasteiger charge is 2.54. The van der Waals surface area contributed by atoms with Crippen LogP contribution in [0.15, 0.2) is 21.9 Å². The topological polar surface area (TPSA) is 270 Å². The largest absolute Gasteiger partial charge is 0.490 e. The number of phosphoric ester groups is 1. The van der Waals surface area contributed by atoms with Gasteiger partial charge in [-0.1, -0.05) is 6.92 Å². The maximum absolute atomic E-state index is 12.0. The number of nitrogens with zero attached hydrogens (tertiary/aromatic N) is 1. The molecule has 1 aromatic rings. The van der Waals surface area contributed by atoms with Crippen LogP contribution in [-0.4, -0.2) is 59.1 Å². The molecule has 1 aromatic heterocycles. The van der Waals surface area contributed by atoms with Gasteiger partial charge in [0.05, 0.1) is 12.7 Å². The second-order valence-electron chi connectivity index (χ2n) is 6.46. The monoisotopic (exact) mass is 511 g/mol. The van der Waals surface area contributed by atoms with Gasteiger partial charge in [0.15, 0.2) is 0 Å². The summed E-state index contributed by atoms with van der Waals surface area (Å²) in [7, 11) is -16.8. The van der Waals surface area contributed by atoms with E-state index in [2.05, 4.69) is 13.1 Å². The molecule has 6 atom stereocenters. The van der Waals surface area contributed by atoms with Crippen LogP contribution >= 0.6 is 23.5 Å². The first-order chi connectivity index (χ1) is 14.0. The standard InChI is InChI=1S/C11H20N3O14P3/c1-6-8(16)11(4-12,26-9(6)14-3-2-7(15)13-10(14)17)5-25-30(21,22)28-31(23,24)27-29(18,19)20/h2-3,6,8-9,16H,4-5,12H2,1H3,(H,21,22)(H,23,24)(H,13,15,17)(H2,18,19,20)/t6-,8+,9-,11-/m1/s1. The second kappa shape index (κ2) is 9.08. The molecular formula is C11H20N3O14P3. The lowest BCUT2D eigenvalue weighted by Gasteiger charge is -2.31. The van der Waals surface area contributed by atoms with Crippen molar-refractivity contribution in [2.45, 2.75) is 24.9 Å². The smallest absolute Gasteiger partial charge is 0.390 e. The zero-order chi connectivity index (χ0) is 23.8. The van der Waals surface area contributed by atoms with Crippen LogP contribution in [0.2, 0.25) is 0 Å². The molecule has 2 unspecified atom stereocenters. The molecular weight excluding hydrogens is 491 g/mol. The van der Waals surface area contributed by atoms with E-state index in [-0.39, 0.29) is 0 Å². The van der Waals surface area contributed by atoms with Gasteiger partial charge in [-0.2, -0.15) is 8.62 Å². The van der Waals surface area contributed by atoms with Crippen molar-refractivity contribution in [1.82, 2.24) is 9.55 Å². The van der Waals surface area contributed by atoms with E-state index in [1.165, 1.54) is 6.92 Å². The number of nitrogens with one attached hydrogen (secondary N) is 1. The molecule has 1 fully saturated rings. The van der Waals surface area contributed by atoms with Gasteiger partial charge in [-0.25, -0.2) is 18.5 Å². The molecule has 31 heavy (non-hydrogen) atoms. The number of aliphatic hydroxyl groups is 1. The minimum Gasteiger partial charge on any atom is -0.390 e. The fraction of sp³-hybridized carbons (Fsp3) is 0.636. The first-order valence-corrected chi connectivity index (χ1v) is 12.7. The van der Waals surface area contributed by atoms with Crippen molar-refractivity contribution in [2.75, 3.05) is 13.2 Å². The Kier molecular flexibility index (Phi) is 7.68. The zero-order valence-electron chi connectivity index (χ0n) is 15.6. The Morgan fingerprint density at radius 3 is 2.32 bits per heavy atom. The first kappa shape index (κ1) is 26.2. The van der Waals surface area contributed by atoms with Gasteiger partial charge in [0.2, 0.25) is 0 Å². The van der Waals surface area contributed by atoms with Crippen molar-refractivity contribution in [3.63, 3.8) is 0 Å². The fourth-order valence-corrected chi connectivity index (χ4v) is 5.91. The molecule has 2 rings (SSSR count). The van der Waals surface area contributed by atoms with Crippen molar-refractivity contribution in [3.8, 4) is 0 Å². The van der Waals surface area contributed by atoms with Crippen molar-refractivity contribution >= 4 is 23.5 Å². The molecule has 178 valence electrons. The molecule has 0 saturated carbocycles. The normalized spacial score (nSPS) is 30.6. The Morgan fingerprint density at radius 2 is 1.81 bits per heavy atom. The van der Waals surface area contributed by atoms with Gasteiger partial charge in [-0.05, 0) is 0 Å². The predicted octanol–water partition coefficient (Wildman–Crippen LogP) is -1.90. The number of aromatic nitrogens is 2. The molecule has 0 amide bonds. The van der Waals surface area contributed by atoms with Crippen LogP contribution in [0.4, 0.5) is 0 Å². The van der Waals surface area contributed by atoms with E-state index in [9.17, 15) is 38.2 Å². The minimum absolute atomic E-state index is 0.539. The van der Waals surface area contributed by atoms with Gasteiger partial charge >= 0.3 is 29.2 Å². The van der Waals surface area contributed by atoms with Crippen LogP contribution in [0.3, 0.4) is 0 Å². The number of hydrogen-bond donors (Lipinski definition) is 7. The summed E-state index contributed by atoms with van der Waals surface area (Å²) in [4.78, 5) is 61.0. The number of hydrogen-bond acceptors (Lipinski definition) is 11. The molecule has 20 heteroatoms. The van der Waals surface area contributed by atoms with Gasteiger partial charge in [0, 0.05) is 24.7 Å². The Hall–Kier alpha value is -1.03. The Balaban J connectivity index is 2.21. The van der Waals surface area contributed by atoms with Gasteiger partial charge in [-0.15, -0.1) is 0 Å². The summed E-state index contributed by atoms with van der Waals surface area (Å²) < 4.78 is 52.2. The van der Waals surface area contributed by atoms with E-state index in [1.54, 1.807) is 0 Å². The summed E-state index contributed by atoms with van der Waals surface area (Å²) in [6, 6.07) is 1.01. The van der Waals surface area contributed by atoms with Gasteiger partial charge < -0.3 is 35.2 Å². The van der Waals surface area contributed by atoms with Crippen molar-refractivity contribution in [1.29, 1.82) is 0 Å². The summed E-state index contributed by atoms with van der Waals surface area (Å²) in [5.41, 5.74) is 2.12. The van der Waals surface area contributed by atoms with E-state index in [0.29, 0.717) is 0 Å². The van der Waals surface area contributed by atoms with Crippen LogP contribution in [0.25, 0.3) is 0 Å². The summed E-state index contributed by atoms with van der Waals surface area (Å²) in [6.07, 6.45) is -1.62. The number of nitrogens with two attached hydrogens (primary N) is 1. The van der Waals surface area contributed by atoms with Crippen LogP contribution in [0, 0.1) is 5.92 Å². The zero-order valence-corrected chi connectivity index (χ0v) is 18.3. The third kappa shape index (κ3) is 6.49. The van der Waals surface area contributed by atoms with Crippen molar-refractivity contribution in [3.05, 3.63) is 33.1 Å². The number of rotatable bonds is 9. The van der Waals surface area contributed by atoms with Crippen LogP contribution < -0.4 is 17.0 Å². The maximum Gasteiger partial charge on any atom is 0.490 e. The molecule has 2 heterocycles. The third-order valence-corrected chi connectivity index (χ3v) is 7.98. The van der Waals surface area contributed by atoms with Crippen LogP contribution in [-0.2, 0) is 31.6 Å². The van der Waals surface area contributed by atoms with Gasteiger partial charge in [-0.3, -0.25) is 18.9 Å². The van der Waals surface area contributed by atoms with Crippen LogP contribution in [0.1, 0.15) is 13.2 Å². The van der Waals surface area contributed by atoms with E-state index >= 15 is 0 Å². The number of aromatic amines is 1. The Bertz CT molecular complexity index is 1070. The molecule has 1 saturated heterocycles. The number of H-pyrrole nitrogens is 1. The van der Waals surface area contributed by atoms with E-state index in [1.807, 2.05) is 4.98 Å². The quantitative estimate of drug-likeness (QED) is 0.178. The third-order valence-electron chi connectivity index (χ3n) is 4.20. The number of phosphoric acid groups is 3. The maximum atomic E-state index is 12.0. The average molecular weight is 511 g/mol. The van der Waals surface area contributed by atoms with E-state index in [0.717, 1.165) is 16.8 Å². The Morgan fingerprint density at radius 1 is 1.19 bits per heavy atom. The van der Waals surface area contributed by atoms with Gasteiger partial charge in [0.1, 0.15) is 11.8 Å². The molecule has 17 nitrogen and oxygen atoms in total. The first-order valence-electron chi connectivity index (χ1n) is 8.17. The lowest BCUT2D eigenvalue weighted by Crippen LogP contribution is -2.51. The lowest BCUT2D eigenvalue weighted by molar-refractivity contribution is -0.120. The Labute approximate surface area is 172 Å². The summed E-state index contributed by atoms with van der Waals surface area (Å²) >= 11 is 0. The highest BCUT2D eigenvalue weighted by atomic mass is 31.3. The predicted molar refractivity (Wildman–Crippen MR) is 98.2 cm³/mol. The van der Waals surface area contributed by atoms with Crippen LogP contribution in [0.5, 0.6) is 0 Å². The molecule has 0 bridgehead atoms. The number of aliphatic hydroxyl groups excluding tert-OH is 1. The summed E-state index contributed by atoms with van der Waals surface area (Å²) in [6.45, 7) is -0.120. The molecule has 8 N–H and O–H groups in total. The van der Waals surface area contributed by atoms with Gasteiger partial charge in [0.25, 0.3) is 5.56 Å². The summed E-state index contributed by atoms with van der Waals surface area (Å²) in [5.74, 6) is -0.864. The minimum atomic E-state index is -5.74. The highest BCUT2D eigenvalue weighted by molar-refractivity contribution is 7.66. The molecule has 1 aliphatic heterocycles.